The molecule has 0 amide bonds. The molecule has 2 heterocycles. The minimum atomic E-state index is 0.500. The van der Waals surface area contributed by atoms with Crippen molar-refractivity contribution in [3.05, 3.63) is 18.0 Å². The normalized spacial score (nSPS) is 23.1. The van der Waals surface area contributed by atoms with Crippen LogP contribution in [0.3, 0.4) is 0 Å². The fourth-order valence-electron chi connectivity index (χ4n) is 3.13. The topological polar surface area (TPSA) is 33.1 Å². The van der Waals surface area contributed by atoms with Crippen LogP contribution in [0.15, 0.2) is 12.4 Å². The van der Waals surface area contributed by atoms with Crippen molar-refractivity contribution < 1.29 is 0 Å². The van der Waals surface area contributed by atoms with Crippen LogP contribution in [0.1, 0.15) is 51.1 Å². The first kappa shape index (κ1) is 14.1. The van der Waals surface area contributed by atoms with E-state index in [2.05, 4.69) is 35.4 Å². The van der Waals surface area contributed by atoms with Gasteiger partial charge in [0, 0.05) is 43.5 Å². The quantitative estimate of drug-likeness (QED) is 0.866. The Balaban J connectivity index is 1.46. The molecule has 1 saturated heterocycles. The molecule has 1 aliphatic heterocycles. The van der Waals surface area contributed by atoms with Crippen LogP contribution in [-0.2, 0) is 6.54 Å². The van der Waals surface area contributed by atoms with Gasteiger partial charge in [0.2, 0.25) is 0 Å². The van der Waals surface area contributed by atoms with Gasteiger partial charge in [0.15, 0.2) is 0 Å². The lowest BCUT2D eigenvalue weighted by Crippen LogP contribution is -2.43. The van der Waals surface area contributed by atoms with Crippen LogP contribution in [0.4, 0.5) is 0 Å². The number of rotatable bonds is 6. The first-order valence-electron chi connectivity index (χ1n) is 8.26. The highest BCUT2D eigenvalue weighted by atomic mass is 15.3. The van der Waals surface area contributed by atoms with Crippen molar-refractivity contribution in [3.63, 3.8) is 0 Å². The number of aromatic nitrogens is 2. The Hall–Kier alpha value is -0.870. The lowest BCUT2D eigenvalue weighted by atomic mass is 10.0. The summed E-state index contributed by atoms with van der Waals surface area (Å²) in [6, 6.07) is 1.25. The van der Waals surface area contributed by atoms with E-state index in [1.165, 1.54) is 50.9 Å². The molecule has 20 heavy (non-hydrogen) atoms. The van der Waals surface area contributed by atoms with Crippen LogP contribution in [0.5, 0.6) is 0 Å². The number of likely N-dealkylation sites (tertiary alicyclic amines) is 1. The summed E-state index contributed by atoms with van der Waals surface area (Å²) in [6.45, 7) is 9.08. The van der Waals surface area contributed by atoms with Gasteiger partial charge in [0.1, 0.15) is 0 Å². The Labute approximate surface area is 122 Å². The molecule has 4 heteroatoms. The summed E-state index contributed by atoms with van der Waals surface area (Å²) in [7, 11) is 0. The smallest absolute Gasteiger partial charge is 0.0537 e. The second-order valence-corrected chi connectivity index (χ2v) is 6.47. The van der Waals surface area contributed by atoms with Crippen LogP contribution in [-0.4, -0.2) is 40.4 Å². The molecule has 3 rings (SSSR count). The number of hydrogen-bond acceptors (Lipinski definition) is 3. The van der Waals surface area contributed by atoms with Gasteiger partial charge in [-0.05, 0) is 52.0 Å². The fourth-order valence-corrected chi connectivity index (χ4v) is 3.13. The zero-order chi connectivity index (χ0) is 13.9. The zero-order valence-electron chi connectivity index (χ0n) is 12.9. The van der Waals surface area contributed by atoms with Gasteiger partial charge in [-0.25, -0.2) is 0 Å². The highest BCUT2D eigenvalue weighted by molar-refractivity contribution is 5.10. The maximum absolute atomic E-state index is 4.40. The average molecular weight is 276 g/mol. The molecule has 2 fully saturated rings. The maximum atomic E-state index is 4.40. The minimum Gasteiger partial charge on any atom is -0.314 e. The second kappa shape index (κ2) is 6.27. The third kappa shape index (κ3) is 3.41. The molecule has 1 atom stereocenters. The van der Waals surface area contributed by atoms with Gasteiger partial charge in [-0.2, -0.15) is 5.10 Å². The predicted molar refractivity (Wildman–Crippen MR) is 81.6 cm³/mol. The molecular weight excluding hydrogens is 248 g/mol. The van der Waals surface area contributed by atoms with E-state index in [4.69, 9.17) is 0 Å². The van der Waals surface area contributed by atoms with Crippen molar-refractivity contribution in [1.29, 1.82) is 0 Å². The predicted octanol–water partition coefficient (Wildman–Crippen LogP) is 2.43. The van der Waals surface area contributed by atoms with Gasteiger partial charge in [-0.3, -0.25) is 9.58 Å². The van der Waals surface area contributed by atoms with Gasteiger partial charge in [0.05, 0.1) is 6.20 Å². The molecule has 0 bridgehead atoms. The summed E-state index contributed by atoms with van der Waals surface area (Å²) in [5.41, 5.74) is 1.36. The molecule has 0 radical (unpaired) electrons. The highest BCUT2D eigenvalue weighted by Crippen LogP contribution is 2.28. The van der Waals surface area contributed by atoms with Crippen molar-refractivity contribution in [1.82, 2.24) is 20.0 Å². The van der Waals surface area contributed by atoms with Gasteiger partial charge in [0.25, 0.3) is 0 Å². The van der Waals surface area contributed by atoms with Crippen molar-refractivity contribution in [2.45, 2.75) is 58.2 Å². The molecule has 0 aromatic carbocycles. The van der Waals surface area contributed by atoms with E-state index in [0.29, 0.717) is 6.04 Å². The highest BCUT2D eigenvalue weighted by Gasteiger charge is 2.26. The first-order valence-corrected chi connectivity index (χ1v) is 8.26. The monoisotopic (exact) mass is 276 g/mol. The number of hydrogen-bond donors (Lipinski definition) is 1. The molecule has 1 aliphatic carbocycles. The molecule has 2 aliphatic rings. The molecule has 1 saturated carbocycles. The van der Waals surface area contributed by atoms with Crippen LogP contribution in [0.25, 0.3) is 0 Å². The summed E-state index contributed by atoms with van der Waals surface area (Å²) in [5.74, 6) is 0.992. The van der Waals surface area contributed by atoms with E-state index in [0.717, 1.165) is 18.5 Å². The first-order chi connectivity index (χ1) is 9.76. The third-order valence-corrected chi connectivity index (χ3v) is 4.93. The summed E-state index contributed by atoms with van der Waals surface area (Å²) in [5, 5.41) is 8.15. The van der Waals surface area contributed by atoms with Gasteiger partial charge in [-0.1, -0.05) is 0 Å². The Bertz CT molecular complexity index is 416. The molecule has 1 unspecified atom stereocenters. The molecule has 4 nitrogen and oxygen atoms in total. The summed E-state index contributed by atoms with van der Waals surface area (Å²) in [4.78, 5) is 2.60. The fraction of sp³-hybridized carbons (Fsp3) is 0.812. The molecule has 0 spiro atoms. The number of nitrogens with zero attached hydrogens (tertiary/aromatic N) is 3. The molecule has 1 aromatic heterocycles. The van der Waals surface area contributed by atoms with Gasteiger partial charge < -0.3 is 5.32 Å². The van der Waals surface area contributed by atoms with E-state index in [1.54, 1.807) is 0 Å². The number of piperidine rings is 1. The largest absolute Gasteiger partial charge is 0.314 e. The van der Waals surface area contributed by atoms with Crippen LogP contribution < -0.4 is 5.32 Å². The van der Waals surface area contributed by atoms with Crippen molar-refractivity contribution in [2.24, 2.45) is 5.92 Å². The molecule has 1 N–H and O–H groups in total. The van der Waals surface area contributed by atoms with E-state index in [1.807, 2.05) is 10.9 Å². The minimum absolute atomic E-state index is 0.500. The Morgan fingerprint density at radius 3 is 2.65 bits per heavy atom. The van der Waals surface area contributed by atoms with E-state index >= 15 is 0 Å². The standard InChI is InChI=1S/C16H28N4/c1-3-20-12-15(11-18-20)13(2)19-8-6-16(7-9-19)17-10-14-4-5-14/h11-14,16-17H,3-10H2,1-2H3. The average Bonchev–Trinajstić information content (AvgIpc) is 3.20. The van der Waals surface area contributed by atoms with E-state index < -0.39 is 0 Å². The lowest BCUT2D eigenvalue weighted by Gasteiger charge is -2.36. The van der Waals surface area contributed by atoms with Gasteiger partial charge in [-0.15, -0.1) is 0 Å². The summed E-state index contributed by atoms with van der Waals surface area (Å²) < 4.78 is 2.02. The number of aryl methyl sites for hydroxylation is 1. The van der Waals surface area contributed by atoms with Gasteiger partial charge >= 0.3 is 0 Å². The maximum Gasteiger partial charge on any atom is 0.0537 e. The zero-order valence-corrected chi connectivity index (χ0v) is 12.9. The van der Waals surface area contributed by atoms with Crippen molar-refractivity contribution in [3.8, 4) is 0 Å². The molecule has 112 valence electrons. The van der Waals surface area contributed by atoms with E-state index in [9.17, 15) is 0 Å². The Kier molecular flexibility index (Phi) is 4.41. The third-order valence-electron chi connectivity index (χ3n) is 4.93. The lowest BCUT2D eigenvalue weighted by molar-refractivity contribution is 0.152. The molecule has 1 aromatic rings. The Morgan fingerprint density at radius 1 is 1.30 bits per heavy atom. The molecular formula is C16H28N4. The SMILES string of the molecule is CCn1cc(C(C)N2CCC(NCC3CC3)CC2)cn1. The number of nitrogens with one attached hydrogen (secondary N) is 1. The van der Waals surface area contributed by atoms with Crippen LogP contribution >= 0.6 is 0 Å². The van der Waals surface area contributed by atoms with Crippen LogP contribution in [0, 0.1) is 5.92 Å². The van der Waals surface area contributed by atoms with Crippen LogP contribution in [0.2, 0.25) is 0 Å². The van der Waals surface area contributed by atoms with E-state index in [-0.39, 0.29) is 0 Å². The van der Waals surface area contributed by atoms with Crippen molar-refractivity contribution >= 4 is 0 Å². The Morgan fingerprint density at radius 2 is 2.05 bits per heavy atom. The summed E-state index contributed by atoms with van der Waals surface area (Å²) in [6.07, 6.45) is 9.71. The summed E-state index contributed by atoms with van der Waals surface area (Å²) >= 11 is 0. The second-order valence-electron chi connectivity index (χ2n) is 6.47. The van der Waals surface area contributed by atoms with Crippen molar-refractivity contribution in [2.75, 3.05) is 19.6 Å².